The van der Waals surface area contributed by atoms with Crippen LogP contribution >= 0.6 is 0 Å². The molecule has 1 aliphatic rings. The summed E-state index contributed by atoms with van der Waals surface area (Å²) in [7, 11) is -3.34. The molecule has 1 N–H and O–H groups in total. The number of rotatable bonds is 5. The van der Waals surface area contributed by atoms with Crippen molar-refractivity contribution in [3.63, 3.8) is 0 Å². The molecule has 2 aromatic rings. The molecule has 0 spiro atoms. The molecule has 0 radical (unpaired) electrons. The van der Waals surface area contributed by atoms with Crippen LogP contribution in [0.1, 0.15) is 27.7 Å². The fourth-order valence-corrected chi connectivity index (χ4v) is 4.39. The summed E-state index contributed by atoms with van der Waals surface area (Å²) in [6, 6.07) is 10.5. The Labute approximate surface area is 149 Å². The number of benzene rings is 1. The van der Waals surface area contributed by atoms with Crippen molar-refractivity contribution in [2.45, 2.75) is 18.2 Å². The van der Waals surface area contributed by atoms with E-state index < -0.39 is 34.8 Å². The van der Waals surface area contributed by atoms with Gasteiger partial charge in [0.2, 0.25) is 5.88 Å². The van der Waals surface area contributed by atoms with Crippen LogP contribution in [0.15, 0.2) is 42.5 Å². The molecule has 1 atom stereocenters. The van der Waals surface area contributed by atoms with Gasteiger partial charge in [-0.1, -0.05) is 30.3 Å². The fourth-order valence-electron chi connectivity index (χ4n) is 2.77. The van der Waals surface area contributed by atoms with E-state index in [9.17, 15) is 22.0 Å². The second kappa shape index (κ2) is 7.36. The zero-order valence-electron chi connectivity index (χ0n) is 13.6. The first-order valence-electron chi connectivity index (χ1n) is 7.81. The Hall–Kier alpha value is -2.55. The van der Waals surface area contributed by atoms with Gasteiger partial charge < -0.3 is 10.1 Å². The quantitative estimate of drug-likeness (QED) is 0.856. The molecular weight excluding hydrogens is 366 g/mol. The number of sulfone groups is 1. The van der Waals surface area contributed by atoms with Crippen molar-refractivity contribution in [1.29, 1.82) is 0 Å². The van der Waals surface area contributed by atoms with E-state index >= 15 is 0 Å². The van der Waals surface area contributed by atoms with Gasteiger partial charge in [-0.25, -0.2) is 22.2 Å². The van der Waals surface area contributed by atoms with E-state index in [1.54, 1.807) is 24.3 Å². The summed E-state index contributed by atoms with van der Waals surface area (Å²) in [6.45, 7) is -0.827. The number of ether oxygens (including phenoxy) is 1. The Morgan fingerprint density at radius 2 is 2.00 bits per heavy atom. The number of hydrogen-bond acceptors (Lipinski definition) is 5. The summed E-state index contributed by atoms with van der Waals surface area (Å²) in [5, 5.41) is 2.65. The van der Waals surface area contributed by atoms with Crippen molar-refractivity contribution >= 4 is 15.7 Å². The molecule has 26 heavy (non-hydrogen) atoms. The number of pyridine rings is 1. The average Bonchev–Trinajstić information content (AvgIpc) is 2.59. The smallest absolute Gasteiger partial charge is 0.272 e. The highest BCUT2D eigenvalue weighted by Crippen LogP contribution is 2.28. The Balaban J connectivity index is 1.79. The molecule has 6 nitrogen and oxygen atoms in total. The number of hydrogen-bond donors (Lipinski definition) is 1. The third-order valence-corrected chi connectivity index (χ3v) is 5.44. The highest BCUT2D eigenvalue weighted by atomic mass is 32.2. The lowest BCUT2D eigenvalue weighted by Crippen LogP contribution is -2.37. The standard InChI is InChI=1S/C17H16F2N2O4S/c18-15(19)8-25-16-7-3-6-13(20-16)17(22)21-14-10-26(23,24)9-11-4-1-2-5-12(11)14/h1-7,14-15H,8-10H2,(H,21,22). The predicted octanol–water partition coefficient (Wildman–Crippen LogP) is 2.12. The van der Waals surface area contributed by atoms with Crippen molar-refractivity contribution in [2.75, 3.05) is 12.4 Å². The molecule has 1 amide bonds. The van der Waals surface area contributed by atoms with Crippen LogP contribution in [0.5, 0.6) is 5.88 Å². The van der Waals surface area contributed by atoms with E-state index in [2.05, 4.69) is 10.3 Å². The van der Waals surface area contributed by atoms with Crippen LogP contribution in [-0.2, 0) is 15.6 Å². The number of alkyl halides is 2. The van der Waals surface area contributed by atoms with E-state index in [1.807, 2.05) is 0 Å². The van der Waals surface area contributed by atoms with Crippen LogP contribution in [0.4, 0.5) is 8.78 Å². The lowest BCUT2D eigenvalue weighted by molar-refractivity contribution is 0.0792. The number of halogens is 2. The lowest BCUT2D eigenvalue weighted by Gasteiger charge is -2.26. The normalized spacial score (nSPS) is 18.2. The molecule has 0 bridgehead atoms. The monoisotopic (exact) mass is 382 g/mol. The molecule has 1 aromatic heterocycles. The maximum absolute atomic E-state index is 12.5. The highest BCUT2D eigenvalue weighted by Gasteiger charge is 2.31. The van der Waals surface area contributed by atoms with Crippen LogP contribution in [0.2, 0.25) is 0 Å². The molecule has 9 heteroatoms. The van der Waals surface area contributed by atoms with E-state index in [1.165, 1.54) is 18.2 Å². The number of carbonyl (C=O) groups excluding carboxylic acids is 1. The molecule has 0 saturated carbocycles. The van der Waals surface area contributed by atoms with E-state index in [0.29, 0.717) is 5.56 Å². The second-order valence-corrected chi connectivity index (χ2v) is 7.95. The van der Waals surface area contributed by atoms with Gasteiger partial charge in [0.05, 0.1) is 17.5 Å². The number of nitrogens with zero attached hydrogens (tertiary/aromatic N) is 1. The molecule has 1 aromatic carbocycles. The predicted molar refractivity (Wildman–Crippen MR) is 89.9 cm³/mol. The maximum atomic E-state index is 12.5. The van der Waals surface area contributed by atoms with Gasteiger partial charge >= 0.3 is 0 Å². The summed E-state index contributed by atoms with van der Waals surface area (Å²) in [5.74, 6) is -0.985. The van der Waals surface area contributed by atoms with Crippen molar-refractivity contribution in [1.82, 2.24) is 10.3 Å². The van der Waals surface area contributed by atoms with Gasteiger partial charge in [0.25, 0.3) is 12.3 Å². The first-order chi connectivity index (χ1) is 12.3. The summed E-state index contributed by atoms with van der Waals surface area (Å²) >= 11 is 0. The van der Waals surface area contributed by atoms with Crippen molar-refractivity contribution < 1.29 is 26.7 Å². The molecule has 0 saturated heterocycles. The molecular formula is C17H16F2N2O4S. The number of nitrogens with one attached hydrogen (secondary N) is 1. The minimum Gasteiger partial charge on any atom is -0.472 e. The van der Waals surface area contributed by atoms with Crippen molar-refractivity contribution in [3.05, 3.63) is 59.3 Å². The van der Waals surface area contributed by atoms with Gasteiger partial charge in [0.1, 0.15) is 5.69 Å². The minimum atomic E-state index is -3.34. The Bertz CT molecular complexity index is 918. The maximum Gasteiger partial charge on any atom is 0.272 e. The highest BCUT2D eigenvalue weighted by molar-refractivity contribution is 7.90. The molecule has 0 aliphatic carbocycles. The number of aromatic nitrogens is 1. The topological polar surface area (TPSA) is 85.4 Å². The summed E-state index contributed by atoms with van der Waals surface area (Å²) in [6.07, 6.45) is -2.65. The molecule has 138 valence electrons. The van der Waals surface area contributed by atoms with E-state index in [-0.39, 0.29) is 23.1 Å². The van der Waals surface area contributed by atoms with Gasteiger partial charge in [-0.05, 0) is 17.2 Å². The van der Waals surface area contributed by atoms with Crippen LogP contribution in [0.3, 0.4) is 0 Å². The molecule has 1 aliphatic heterocycles. The van der Waals surface area contributed by atoms with Gasteiger partial charge in [-0.2, -0.15) is 0 Å². The van der Waals surface area contributed by atoms with E-state index in [0.717, 1.165) is 5.56 Å². The summed E-state index contributed by atoms with van der Waals surface area (Å²) in [4.78, 5) is 16.3. The Morgan fingerprint density at radius 1 is 1.23 bits per heavy atom. The van der Waals surface area contributed by atoms with Crippen LogP contribution < -0.4 is 10.1 Å². The van der Waals surface area contributed by atoms with Gasteiger partial charge in [0.15, 0.2) is 16.4 Å². The molecule has 1 unspecified atom stereocenters. The summed E-state index contributed by atoms with van der Waals surface area (Å²) < 4.78 is 53.4. The van der Waals surface area contributed by atoms with Crippen molar-refractivity contribution in [2.24, 2.45) is 0 Å². The Morgan fingerprint density at radius 3 is 2.77 bits per heavy atom. The lowest BCUT2D eigenvalue weighted by atomic mass is 10.0. The van der Waals surface area contributed by atoms with Gasteiger partial charge in [-0.15, -0.1) is 0 Å². The first-order valence-corrected chi connectivity index (χ1v) is 9.63. The zero-order valence-corrected chi connectivity index (χ0v) is 14.4. The third-order valence-electron chi connectivity index (χ3n) is 3.85. The second-order valence-electron chi connectivity index (χ2n) is 5.84. The zero-order chi connectivity index (χ0) is 18.7. The molecule has 2 heterocycles. The Kier molecular flexibility index (Phi) is 5.17. The first kappa shape index (κ1) is 18.2. The third kappa shape index (κ3) is 4.34. The van der Waals surface area contributed by atoms with Crippen LogP contribution in [0.25, 0.3) is 0 Å². The fraction of sp³-hybridized carbons (Fsp3) is 0.294. The molecule has 3 rings (SSSR count). The summed E-state index contributed by atoms with van der Waals surface area (Å²) in [5.41, 5.74) is 1.34. The number of fused-ring (bicyclic) bond motifs is 1. The van der Waals surface area contributed by atoms with Crippen LogP contribution in [0, 0.1) is 0 Å². The van der Waals surface area contributed by atoms with Gasteiger partial charge in [-0.3, -0.25) is 4.79 Å². The number of amides is 1. The van der Waals surface area contributed by atoms with Crippen LogP contribution in [-0.4, -0.2) is 38.1 Å². The van der Waals surface area contributed by atoms with E-state index in [4.69, 9.17) is 4.74 Å². The molecule has 0 fully saturated rings. The van der Waals surface area contributed by atoms with Crippen molar-refractivity contribution in [3.8, 4) is 5.88 Å². The SMILES string of the molecule is O=C(NC1CS(=O)(=O)Cc2ccccc21)c1cccc(OCC(F)F)n1. The largest absolute Gasteiger partial charge is 0.472 e. The minimum absolute atomic E-state index is 0.0442. The number of carbonyl (C=O) groups is 1. The average molecular weight is 382 g/mol. The van der Waals surface area contributed by atoms with Gasteiger partial charge in [0, 0.05) is 6.07 Å².